The Morgan fingerprint density at radius 1 is 1.44 bits per heavy atom. The summed E-state index contributed by atoms with van der Waals surface area (Å²) >= 11 is 0. The van der Waals surface area contributed by atoms with Crippen LogP contribution in [0, 0.1) is 0 Å². The van der Waals surface area contributed by atoms with E-state index in [1.54, 1.807) is 26.4 Å². The van der Waals surface area contributed by atoms with Crippen molar-refractivity contribution in [1.29, 1.82) is 0 Å². The first-order valence-electron chi connectivity index (χ1n) is 5.01. The van der Waals surface area contributed by atoms with E-state index in [0.717, 1.165) is 0 Å². The van der Waals surface area contributed by atoms with Crippen LogP contribution >= 0.6 is 0 Å². The molecule has 0 unspecified atom stereocenters. The molecule has 1 N–H and O–H groups in total. The Bertz CT molecular complexity index is 327. The molecule has 0 atom stereocenters. The van der Waals surface area contributed by atoms with E-state index in [1.165, 1.54) is 0 Å². The van der Waals surface area contributed by atoms with E-state index in [2.05, 4.69) is 15.3 Å². The van der Waals surface area contributed by atoms with Crippen LogP contribution < -0.4 is 10.1 Å². The monoisotopic (exact) mass is 225 g/mol. The number of carbonyl (C=O) groups is 1. The van der Waals surface area contributed by atoms with E-state index in [1.807, 2.05) is 0 Å². The highest BCUT2D eigenvalue weighted by Crippen LogP contribution is 2.06. The van der Waals surface area contributed by atoms with Gasteiger partial charge in [-0.2, -0.15) is 0 Å². The Labute approximate surface area is 94.0 Å². The highest BCUT2D eigenvalue weighted by Gasteiger charge is 2.02. The Kier molecular flexibility index (Phi) is 5.04. The molecule has 0 spiro atoms. The zero-order valence-electron chi connectivity index (χ0n) is 9.40. The fraction of sp³-hybridized carbons (Fsp3) is 0.500. The van der Waals surface area contributed by atoms with Gasteiger partial charge in [0.25, 0.3) is 0 Å². The first-order chi connectivity index (χ1) is 7.76. The van der Waals surface area contributed by atoms with E-state index in [4.69, 9.17) is 9.47 Å². The molecule has 1 rings (SSSR count). The van der Waals surface area contributed by atoms with E-state index in [9.17, 15) is 4.79 Å². The summed E-state index contributed by atoms with van der Waals surface area (Å²) in [6.07, 6.45) is 3.41. The second kappa shape index (κ2) is 6.60. The largest absolute Gasteiger partial charge is 0.494 e. The maximum Gasteiger partial charge on any atom is 0.307 e. The molecule has 0 saturated carbocycles. The molecular weight excluding hydrogens is 210 g/mol. The first kappa shape index (κ1) is 12.2. The summed E-state index contributed by atoms with van der Waals surface area (Å²) in [7, 11) is 1.55. The van der Waals surface area contributed by atoms with Crippen LogP contribution in [0.2, 0.25) is 0 Å². The fourth-order valence-corrected chi connectivity index (χ4v) is 1.02. The van der Waals surface area contributed by atoms with Gasteiger partial charge in [0.2, 0.25) is 5.95 Å². The summed E-state index contributed by atoms with van der Waals surface area (Å²) < 4.78 is 9.69. The van der Waals surface area contributed by atoms with Crippen molar-refractivity contribution in [2.24, 2.45) is 0 Å². The molecule has 0 aliphatic rings. The quantitative estimate of drug-likeness (QED) is 0.723. The number of esters is 1. The fourth-order valence-electron chi connectivity index (χ4n) is 1.02. The third kappa shape index (κ3) is 4.12. The lowest BCUT2D eigenvalue weighted by atomic mass is 10.4. The second-order valence-electron chi connectivity index (χ2n) is 2.93. The van der Waals surface area contributed by atoms with Gasteiger partial charge in [0.15, 0.2) is 5.75 Å². The van der Waals surface area contributed by atoms with E-state index < -0.39 is 0 Å². The van der Waals surface area contributed by atoms with Crippen LogP contribution in [0.5, 0.6) is 5.75 Å². The van der Waals surface area contributed by atoms with Crippen LogP contribution in [0.3, 0.4) is 0 Å². The summed E-state index contributed by atoms with van der Waals surface area (Å²) in [5.41, 5.74) is 0. The zero-order valence-corrected chi connectivity index (χ0v) is 9.40. The van der Waals surface area contributed by atoms with Crippen LogP contribution in [0.25, 0.3) is 0 Å². The summed E-state index contributed by atoms with van der Waals surface area (Å²) in [5, 5.41) is 2.91. The molecule has 0 aromatic carbocycles. The normalized spacial score (nSPS) is 9.62. The third-order valence-corrected chi connectivity index (χ3v) is 1.78. The lowest BCUT2D eigenvalue weighted by Crippen LogP contribution is -2.12. The minimum absolute atomic E-state index is 0.233. The predicted octanol–water partition coefficient (Wildman–Crippen LogP) is 0.850. The van der Waals surface area contributed by atoms with Gasteiger partial charge < -0.3 is 14.8 Å². The number of hydrogen-bond donors (Lipinski definition) is 1. The number of methoxy groups -OCH3 is 1. The van der Waals surface area contributed by atoms with Crippen LogP contribution in [0.15, 0.2) is 12.4 Å². The Morgan fingerprint density at radius 2 is 2.12 bits per heavy atom. The smallest absolute Gasteiger partial charge is 0.307 e. The Morgan fingerprint density at radius 3 is 2.69 bits per heavy atom. The summed E-state index contributed by atoms with van der Waals surface area (Å²) in [6, 6.07) is 0. The first-order valence-corrected chi connectivity index (χ1v) is 5.01. The summed E-state index contributed by atoms with van der Waals surface area (Å²) in [4.78, 5) is 19.0. The van der Waals surface area contributed by atoms with Gasteiger partial charge in [-0.3, -0.25) is 4.79 Å². The maximum atomic E-state index is 11.0. The van der Waals surface area contributed by atoms with Gasteiger partial charge >= 0.3 is 5.97 Å². The average Bonchev–Trinajstić information content (AvgIpc) is 2.30. The third-order valence-electron chi connectivity index (χ3n) is 1.78. The Balaban J connectivity index is 2.29. The number of ether oxygens (including phenoxy) is 2. The molecule has 0 aliphatic carbocycles. The molecule has 0 amide bonds. The number of carbonyl (C=O) groups excluding carboxylic acids is 1. The molecule has 0 bridgehead atoms. The molecule has 0 aliphatic heterocycles. The minimum Gasteiger partial charge on any atom is -0.494 e. The summed E-state index contributed by atoms with van der Waals surface area (Å²) in [5.74, 6) is 0.824. The van der Waals surface area contributed by atoms with Gasteiger partial charge in [-0.15, -0.1) is 0 Å². The van der Waals surface area contributed by atoms with Gasteiger partial charge in [-0.1, -0.05) is 0 Å². The maximum absolute atomic E-state index is 11.0. The van der Waals surface area contributed by atoms with Gasteiger partial charge in [0.05, 0.1) is 32.5 Å². The van der Waals surface area contributed by atoms with Gasteiger partial charge in [0.1, 0.15) is 0 Å². The number of aromatic nitrogens is 2. The van der Waals surface area contributed by atoms with Crippen molar-refractivity contribution >= 4 is 11.9 Å². The minimum atomic E-state index is -0.233. The topological polar surface area (TPSA) is 73.3 Å². The number of rotatable bonds is 6. The molecule has 0 radical (unpaired) electrons. The Hall–Kier alpha value is -1.85. The molecule has 6 heteroatoms. The number of anilines is 1. The van der Waals surface area contributed by atoms with E-state index >= 15 is 0 Å². The SMILES string of the molecule is CCOC(=O)CCNc1ncc(OC)cn1. The van der Waals surface area contributed by atoms with Crippen molar-refractivity contribution in [3.05, 3.63) is 12.4 Å². The van der Waals surface area contributed by atoms with Crippen LogP contribution in [-0.4, -0.2) is 36.2 Å². The average molecular weight is 225 g/mol. The van der Waals surface area contributed by atoms with Crippen LogP contribution in [-0.2, 0) is 9.53 Å². The van der Waals surface area contributed by atoms with Crippen molar-refractivity contribution in [1.82, 2.24) is 9.97 Å². The van der Waals surface area contributed by atoms with Gasteiger partial charge in [0, 0.05) is 6.54 Å². The molecular formula is C10H15N3O3. The van der Waals surface area contributed by atoms with Crippen LogP contribution in [0.4, 0.5) is 5.95 Å². The number of nitrogens with one attached hydrogen (secondary N) is 1. The van der Waals surface area contributed by atoms with Crippen molar-refractivity contribution in [2.45, 2.75) is 13.3 Å². The van der Waals surface area contributed by atoms with Crippen molar-refractivity contribution in [3.8, 4) is 5.75 Å². The van der Waals surface area contributed by atoms with E-state index in [0.29, 0.717) is 31.3 Å². The molecule has 1 aromatic heterocycles. The van der Waals surface area contributed by atoms with E-state index in [-0.39, 0.29) is 5.97 Å². The lowest BCUT2D eigenvalue weighted by molar-refractivity contribution is -0.142. The van der Waals surface area contributed by atoms with Crippen molar-refractivity contribution in [3.63, 3.8) is 0 Å². The molecule has 0 saturated heterocycles. The molecule has 0 fully saturated rings. The van der Waals surface area contributed by atoms with Crippen molar-refractivity contribution < 1.29 is 14.3 Å². The van der Waals surface area contributed by atoms with Crippen molar-refractivity contribution in [2.75, 3.05) is 25.6 Å². The van der Waals surface area contributed by atoms with Gasteiger partial charge in [-0.25, -0.2) is 9.97 Å². The highest BCUT2D eigenvalue weighted by atomic mass is 16.5. The molecule has 1 heterocycles. The zero-order chi connectivity index (χ0) is 11.8. The van der Waals surface area contributed by atoms with Gasteiger partial charge in [-0.05, 0) is 6.92 Å². The number of hydrogen-bond acceptors (Lipinski definition) is 6. The second-order valence-corrected chi connectivity index (χ2v) is 2.93. The molecule has 88 valence electrons. The lowest BCUT2D eigenvalue weighted by Gasteiger charge is -2.04. The molecule has 16 heavy (non-hydrogen) atoms. The predicted molar refractivity (Wildman–Crippen MR) is 58.3 cm³/mol. The highest BCUT2D eigenvalue weighted by molar-refractivity contribution is 5.69. The molecule has 6 nitrogen and oxygen atoms in total. The summed E-state index contributed by atoms with van der Waals surface area (Å²) in [6.45, 7) is 2.63. The standard InChI is InChI=1S/C10H15N3O3/c1-3-16-9(14)4-5-11-10-12-6-8(15-2)7-13-10/h6-7H,3-5H2,1-2H3,(H,11,12,13). The molecule has 1 aromatic rings. The van der Waals surface area contributed by atoms with Crippen LogP contribution in [0.1, 0.15) is 13.3 Å². The number of nitrogens with zero attached hydrogens (tertiary/aromatic N) is 2.